The van der Waals surface area contributed by atoms with E-state index >= 15 is 0 Å². The minimum absolute atomic E-state index is 0.120. The Hall–Kier alpha value is -4.12. The van der Waals surface area contributed by atoms with Gasteiger partial charge in [0.1, 0.15) is 18.0 Å². The summed E-state index contributed by atoms with van der Waals surface area (Å²) in [5.41, 5.74) is 3.08. The van der Waals surface area contributed by atoms with Crippen molar-refractivity contribution in [2.75, 3.05) is 20.3 Å². The lowest BCUT2D eigenvalue weighted by Gasteiger charge is -2.33. The molecule has 2 heterocycles. The number of hydrogen-bond donors (Lipinski definition) is 0. The minimum Gasteiger partial charge on any atom is -0.493 e. The number of esters is 1. The fourth-order valence-electron chi connectivity index (χ4n) is 5.07. The molecular weight excluding hydrogens is 458 g/mol. The Labute approximate surface area is 208 Å². The summed E-state index contributed by atoms with van der Waals surface area (Å²) in [7, 11) is 1.61. The number of para-hydroxylation sites is 1. The van der Waals surface area contributed by atoms with Crippen LogP contribution in [0.3, 0.4) is 0 Å². The first-order chi connectivity index (χ1) is 17.5. The van der Waals surface area contributed by atoms with E-state index in [-0.39, 0.29) is 19.0 Å². The molecule has 1 unspecified atom stereocenters. The second kappa shape index (κ2) is 9.50. The molecular formula is C28H27N3O5. The summed E-state index contributed by atoms with van der Waals surface area (Å²) in [5.74, 6) is 1.31. The number of methoxy groups -OCH3 is 1. The van der Waals surface area contributed by atoms with Crippen molar-refractivity contribution in [2.24, 2.45) is 0 Å². The van der Waals surface area contributed by atoms with Gasteiger partial charge in [0.25, 0.3) is 0 Å². The smallest absolute Gasteiger partial charge is 0.309 e. The molecule has 1 aliphatic rings. The quantitative estimate of drug-likeness (QED) is 0.338. The zero-order chi connectivity index (χ0) is 25.3. The fraction of sp³-hybridized carbons (Fsp3) is 0.357. The maximum Gasteiger partial charge on any atom is 0.309 e. The summed E-state index contributed by atoms with van der Waals surface area (Å²) < 4.78 is 22.7. The molecule has 4 aromatic rings. The van der Waals surface area contributed by atoms with E-state index in [0.29, 0.717) is 48.9 Å². The highest BCUT2D eigenvalue weighted by Crippen LogP contribution is 2.47. The van der Waals surface area contributed by atoms with Crippen LogP contribution in [0.15, 0.2) is 40.8 Å². The van der Waals surface area contributed by atoms with E-state index in [1.807, 2.05) is 43.3 Å². The zero-order valence-corrected chi connectivity index (χ0v) is 20.6. The molecule has 1 atom stereocenters. The second-order valence-electron chi connectivity index (χ2n) is 8.89. The predicted molar refractivity (Wildman–Crippen MR) is 133 cm³/mol. The summed E-state index contributed by atoms with van der Waals surface area (Å²) >= 11 is 0. The van der Waals surface area contributed by atoms with E-state index in [0.717, 1.165) is 33.2 Å². The number of benzene rings is 2. The van der Waals surface area contributed by atoms with Crippen molar-refractivity contribution in [1.82, 2.24) is 9.97 Å². The van der Waals surface area contributed by atoms with Gasteiger partial charge in [-0.05, 0) is 44.4 Å². The summed E-state index contributed by atoms with van der Waals surface area (Å²) in [6.07, 6.45) is 1.70. The van der Waals surface area contributed by atoms with Gasteiger partial charge in [-0.15, -0.1) is 0 Å². The molecule has 0 saturated carbocycles. The molecule has 0 amide bonds. The van der Waals surface area contributed by atoms with Gasteiger partial charge in [0.2, 0.25) is 5.88 Å². The summed E-state index contributed by atoms with van der Waals surface area (Å²) in [4.78, 5) is 20.9. The van der Waals surface area contributed by atoms with Gasteiger partial charge in [0, 0.05) is 22.8 Å². The minimum atomic E-state index is -0.845. The van der Waals surface area contributed by atoms with Crippen LogP contribution in [-0.4, -0.2) is 36.3 Å². The molecule has 1 aliphatic carbocycles. The van der Waals surface area contributed by atoms with Crippen LogP contribution in [0.2, 0.25) is 0 Å². The number of fused-ring (bicyclic) bond motifs is 4. The topological polar surface area (TPSA) is 107 Å². The molecule has 0 saturated heterocycles. The number of hydrogen-bond acceptors (Lipinski definition) is 8. The van der Waals surface area contributed by atoms with Crippen LogP contribution in [0.4, 0.5) is 0 Å². The highest BCUT2D eigenvalue weighted by molar-refractivity contribution is 6.09. The Morgan fingerprint density at radius 2 is 2.06 bits per heavy atom. The third-order valence-corrected chi connectivity index (χ3v) is 6.72. The highest BCUT2D eigenvalue weighted by Gasteiger charge is 2.41. The van der Waals surface area contributed by atoms with Crippen LogP contribution in [-0.2, 0) is 27.8 Å². The van der Waals surface area contributed by atoms with E-state index in [9.17, 15) is 10.1 Å². The molecule has 184 valence electrons. The third-order valence-electron chi connectivity index (χ3n) is 6.72. The number of furan rings is 1. The largest absolute Gasteiger partial charge is 0.493 e. The summed E-state index contributed by atoms with van der Waals surface area (Å²) in [6.45, 7) is 4.05. The Kier molecular flexibility index (Phi) is 6.23. The standard InChI is InChI=1S/C28H27N3O5/c1-4-34-24(32)12-14-35-27-19-15-28(16-29,13-11-21(19)30-17(2)31-27)20-9-10-23(33-3)26-25(20)18-7-5-6-8-22(18)36-26/h5-10H,4,11-15H2,1-3H3. The van der Waals surface area contributed by atoms with Gasteiger partial charge in [-0.25, -0.2) is 4.98 Å². The average molecular weight is 486 g/mol. The van der Waals surface area contributed by atoms with Crippen LogP contribution in [0, 0.1) is 18.3 Å². The van der Waals surface area contributed by atoms with Crippen molar-refractivity contribution in [3.05, 3.63) is 59.0 Å². The van der Waals surface area contributed by atoms with Crippen molar-refractivity contribution in [2.45, 2.75) is 44.9 Å². The molecule has 2 aromatic heterocycles. The van der Waals surface area contributed by atoms with Crippen LogP contribution in [0.25, 0.3) is 21.9 Å². The van der Waals surface area contributed by atoms with Crippen LogP contribution in [0.1, 0.15) is 42.4 Å². The third kappa shape index (κ3) is 4.01. The summed E-state index contributed by atoms with van der Waals surface area (Å²) in [5, 5.41) is 12.4. The van der Waals surface area contributed by atoms with Gasteiger partial charge in [-0.1, -0.05) is 24.3 Å². The molecule has 0 fully saturated rings. The molecule has 8 heteroatoms. The first-order valence-electron chi connectivity index (χ1n) is 12.0. The fourth-order valence-corrected chi connectivity index (χ4v) is 5.07. The first-order valence-corrected chi connectivity index (χ1v) is 12.0. The zero-order valence-electron chi connectivity index (χ0n) is 20.6. The molecule has 5 rings (SSSR count). The van der Waals surface area contributed by atoms with Gasteiger partial charge < -0.3 is 18.6 Å². The van der Waals surface area contributed by atoms with E-state index in [1.54, 1.807) is 14.0 Å². The molecule has 0 bridgehead atoms. The van der Waals surface area contributed by atoms with Gasteiger partial charge in [-0.2, -0.15) is 10.2 Å². The van der Waals surface area contributed by atoms with Gasteiger partial charge in [-0.3, -0.25) is 4.79 Å². The van der Waals surface area contributed by atoms with E-state index < -0.39 is 5.41 Å². The molecule has 36 heavy (non-hydrogen) atoms. The maximum absolute atomic E-state index is 11.8. The van der Waals surface area contributed by atoms with Crippen molar-refractivity contribution < 1.29 is 23.4 Å². The highest BCUT2D eigenvalue weighted by atomic mass is 16.5. The number of nitriles is 1. The lowest BCUT2D eigenvalue weighted by atomic mass is 9.68. The molecule has 0 aliphatic heterocycles. The normalized spacial score (nSPS) is 16.9. The number of nitrogens with zero attached hydrogens (tertiary/aromatic N) is 3. The average Bonchev–Trinajstić information content (AvgIpc) is 3.28. The van der Waals surface area contributed by atoms with Crippen LogP contribution < -0.4 is 9.47 Å². The maximum atomic E-state index is 11.8. The number of ether oxygens (including phenoxy) is 3. The number of rotatable bonds is 7. The second-order valence-corrected chi connectivity index (χ2v) is 8.89. The molecule has 8 nitrogen and oxygen atoms in total. The Morgan fingerprint density at radius 1 is 1.22 bits per heavy atom. The van der Waals surface area contributed by atoms with Gasteiger partial charge in [0.05, 0.1) is 37.3 Å². The predicted octanol–water partition coefficient (Wildman–Crippen LogP) is 4.98. The molecule has 0 spiro atoms. The number of carbonyl (C=O) groups excluding carboxylic acids is 1. The monoisotopic (exact) mass is 485 g/mol. The molecule has 0 radical (unpaired) electrons. The molecule has 0 N–H and O–H groups in total. The van der Waals surface area contributed by atoms with Crippen LogP contribution >= 0.6 is 0 Å². The van der Waals surface area contributed by atoms with Crippen molar-refractivity contribution in [3.63, 3.8) is 0 Å². The van der Waals surface area contributed by atoms with Crippen LogP contribution in [0.5, 0.6) is 11.6 Å². The SMILES string of the molecule is CCOC(=O)CCOc1nc(C)nc2c1CC(C#N)(c1ccc(OC)c3oc4ccccc4c13)CC2. The van der Waals surface area contributed by atoms with Crippen molar-refractivity contribution in [1.29, 1.82) is 5.26 Å². The number of aromatic nitrogens is 2. The lowest BCUT2D eigenvalue weighted by Crippen LogP contribution is -2.33. The number of aryl methyl sites for hydroxylation is 2. The molecule has 2 aromatic carbocycles. The number of carbonyl (C=O) groups is 1. The first kappa shape index (κ1) is 23.6. The van der Waals surface area contributed by atoms with E-state index in [1.165, 1.54) is 0 Å². The Bertz CT molecular complexity index is 1500. The Balaban J connectivity index is 1.59. The Morgan fingerprint density at radius 3 is 2.83 bits per heavy atom. The summed E-state index contributed by atoms with van der Waals surface area (Å²) in [6, 6.07) is 14.3. The van der Waals surface area contributed by atoms with Crippen molar-refractivity contribution >= 4 is 27.9 Å². The van der Waals surface area contributed by atoms with Gasteiger partial charge in [0.15, 0.2) is 11.3 Å². The van der Waals surface area contributed by atoms with E-state index in [2.05, 4.69) is 16.0 Å². The van der Waals surface area contributed by atoms with Gasteiger partial charge >= 0.3 is 5.97 Å². The lowest BCUT2D eigenvalue weighted by molar-refractivity contribution is -0.143. The van der Waals surface area contributed by atoms with E-state index in [4.69, 9.17) is 18.6 Å². The van der Waals surface area contributed by atoms with Crippen molar-refractivity contribution in [3.8, 4) is 17.7 Å².